The summed E-state index contributed by atoms with van der Waals surface area (Å²) in [5.74, 6) is 1.65. The summed E-state index contributed by atoms with van der Waals surface area (Å²) in [6, 6.07) is 0. The Morgan fingerprint density at radius 3 is 2.50 bits per heavy atom. The first-order valence-corrected chi connectivity index (χ1v) is 4.24. The molecular formula is C9H16O. The van der Waals surface area contributed by atoms with E-state index in [0.29, 0.717) is 11.7 Å². The van der Waals surface area contributed by atoms with Gasteiger partial charge in [-0.05, 0) is 32.1 Å². The first-order chi connectivity index (χ1) is 4.74. The van der Waals surface area contributed by atoms with E-state index < -0.39 is 0 Å². The summed E-state index contributed by atoms with van der Waals surface area (Å²) < 4.78 is 0. The van der Waals surface area contributed by atoms with E-state index in [4.69, 9.17) is 0 Å². The summed E-state index contributed by atoms with van der Waals surface area (Å²) in [6.07, 6.45) is 4.84. The summed E-state index contributed by atoms with van der Waals surface area (Å²) in [7, 11) is 0. The SMILES string of the molecule is CC[C@H]1CC[C@@H](C(C)=O)C1. The molecule has 1 saturated carbocycles. The minimum atomic E-state index is 0.399. The van der Waals surface area contributed by atoms with E-state index in [9.17, 15) is 4.79 Å². The van der Waals surface area contributed by atoms with Crippen LogP contribution in [0.15, 0.2) is 0 Å². The zero-order valence-electron chi connectivity index (χ0n) is 6.89. The molecule has 0 aromatic rings. The minimum absolute atomic E-state index is 0.399. The van der Waals surface area contributed by atoms with Crippen molar-refractivity contribution < 1.29 is 4.79 Å². The third kappa shape index (κ3) is 1.59. The largest absolute Gasteiger partial charge is 0.300 e. The van der Waals surface area contributed by atoms with Gasteiger partial charge in [-0.2, -0.15) is 0 Å². The normalized spacial score (nSPS) is 32.6. The van der Waals surface area contributed by atoms with Crippen LogP contribution in [-0.4, -0.2) is 5.78 Å². The van der Waals surface area contributed by atoms with Crippen LogP contribution in [0.1, 0.15) is 39.5 Å². The first-order valence-electron chi connectivity index (χ1n) is 4.24. The fourth-order valence-corrected chi connectivity index (χ4v) is 1.81. The summed E-state index contributed by atoms with van der Waals surface area (Å²) in [5, 5.41) is 0. The molecule has 0 aliphatic heterocycles. The van der Waals surface area contributed by atoms with E-state index in [1.807, 2.05) is 0 Å². The van der Waals surface area contributed by atoms with Crippen LogP contribution in [-0.2, 0) is 4.79 Å². The summed E-state index contributed by atoms with van der Waals surface area (Å²) in [6.45, 7) is 3.94. The fourth-order valence-electron chi connectivity index (χ4n) is 1.81. The van der Waals surface area contributed by atoms with E-state index in [1.54, 1.807) is 6.92 Å². The Morgan fingerprint density at radius 2 is 2.20 bits per heavy atom. The van der Waals surface area contributed by atoms with Gasteiger partial charge in [0.1, 0.15) is 5.78 Å². The van der Waals surface area contributed by atoms with Crippen LogP contribution in [0.4, 0.5) is 0 Å². The topological polar surface area (TPSA) is 17.1 Å². The third-order valence-corrected chi connectivity index (χ3v) is 2.69. The van der Waals surface area contributed by atoms with Gasteiger partial charge in [0.15, 0.2) is 0 Å². The highest BCUT2D eigenvalue weighted by Crippen LogP contribution is 2.32. The molecule has 2 atom stereocenters. The lowest BCUT2D eigenvalue weighted by atomic mass is 10.0. The van der Waals surface area contributed by atoms with Crippen LogP contribution in [0.3, 0.4) is 0 Å². The van der Waals surface area contributed by atoms with E-state index >= 15 is 0 Å². The maximum Gasteiger partial charge on any atom is 0.132 e. The lowest BCUT2D eigenvalue weighted by Gasteiger charge is -2.04. The molecule has 0 saturated heterocycles. The van der Waals surface area contributed by atoms with Gasteiger partial charge in [0, 0.05) is 5.92 Å². The van der Waals surface area contributed by atoms with Crippen LogP contribution in [0.5, 0.6) is 0 Å². The molecule has 1 nitrogen and oxygen atoms in total. The van der Waals surface area contributed by atoms with Crippen molar-refractivity contribution in [1.82, 2.24) is 0 Å². The van der Waals surface area contributed by atoms with Gasteiger partial charge in [-0.3, -0.25) is 4.79 Å². The maximum absolute atomic E-state index is 10.9. The minimum Gasteiger partial charge on any atom is -0.300 e. The van der Waals surface area contributed by atoms with Gasteiger partial charge in [0.2, 0.25) is 0 Å². The van der Waals surface area contributed by atoms with Gasteiger partial charge in [-0.15, -0.1) is 0 Å². The van der Waals surface area contributed by atoms with Gasteiger partial charge in [0.05, 0.1) is 0 Å². The molecule has 10 heavy (non-hydrogen) atoms. The Balaban J connectivity index is 2.35. The molecule has 0 heterocycles. The lowest BCUT2D eigenvalue weighted by molar-refractivity contribution is -0.120. The molecule has 0 N–H and O–H groups in total. The zero-order valence-corrected chi connectivity index (χ0v) is 6.89. The summed E-state index contributed by atoms with van der Waals surface area (Å²) >= 11 is 0. The molecule has 0 aromatic heterocycles. The van der Waals surface area contributed by atoms with E-state index in [0.717, 1.165) is 18.8 Å². The molecule has 0 radical (unpaired) electrons. The summed E-state index contributed by atoms with van der Waals surface area (Å²) in [4.78, 5) is 10.9. The highest BCUT2D eigenvalue weighted by molar-refractivity contribution is 5.78. The van der Waals surface area contributed by atoms with Crippen molar-refractivity contribution in [1.29, 1.82) is 0 Å². The van der Waals surface area contributed by atoms with Crippen molar-refractivity contribution in [3.8, 4) is 0 Å². The van der Waals surface area contributed by atoms with E-state index in [-0.39, 0.29) is 0 Å². The Morgan fingerprint density at radius 1 is 1.50 bits per heavy atom. The maximum atomic E-state index is 10.9. The van der Waals surface area contributed by atoms with E-state index in [1.165, 1.54) is 12.8 Å². The second-order valence-corrected chi connectivity index (χ2v) is 3.39. The molecule has 58 valence electrons. The molecule has 0 spiro atoms. The molecular weight excluding hydrogens is 124 g/mol. The van der Waals surface area contributed by atoms with Crippen LogP contribution in [0, 0.1) is 11.8 Å². The number of carbonyl (C=O) groups is 1. The van der Waals surface area contributed by atoms with E-state index in [2.05, 4.69) is 6.92 Å². The van der Waals surface area contributed by atoms with Crippen LogP contribution in [0.25, 0.3) is 0 Å². The van der Waals surface area contributed by atoms with Gasteiger partial charge in [0.25, 0.3) is 0 Å². The molecule has 1 fully saturated rings. The number of rotatable bonds is 2. The van der Waals surface area contributed by atoms with Gasteiger partial charge in [-0.25, -0.2) is 0 Å². The fraction of sp³-hybridized carbons (Fsp3) is 0.889. The highest BCUT2D eigenvalue weighted by atomic mass is 16.1. The lowest BCUT2D eigenvalue weighted by Crippen LogP contribution is -2.05. The number of hydrogen-bond donors (Lipinski definition) is 0. The standard InChI is InChI=1S/C9H16O/c1-3-8-4-5-9(6-8)7(2)10/h8-9H,3-6H2,1-2H3/t8-,9+/m0/s1. The second-order valence-electron chi connectivity index (χ2n) is 3.39. The van der Waals surface area contributed by atoms with Crippen molar-refractivity contribution >= 4 is 5.78 Å². The molecule has 1 aliphatic rings. The first kappa shape index (κ1) is 7.77. The molecule has 0 amide bonds. The van der Waals surface area contributed by atoms with Crippen molar-refractivity contribution in [3.63, 3.8) is 0 Å². The van der Waals surface area contributed by atoms with Crippen molar-refractivity contribution in [2.24, 2.45) is 11.8 Å². The summed E-state index contributed by atoms with van der Waals surface area (Å²) in [5.41, 5.74) is 0. The average molecular weight is 140 g/mol. The molecule has 0 bridgehead atoms. The Labute approximate surface area is 62.8 Å². The zero-order chi connectivity index (χ0) is 7.56. The van der Waals surface area contributed by atoms with Crippen molar-refractivity contribution in [2.75, 3.05) is 0 Å². The molecule has 1 heteroatoms. The second kappa shape index (κ2) is 3.18. The van der Waals surface area contributed by atoms with Gasteiger partial charge < -0.3 is 0 Å². The Bertz CT molecular complexity index is 129. The number of ketones is 1. The van der Waals surface area contributed by atoms with Crippen molar-refractivity contribution in [3.05, 3.63) is 0 Å². The Hall–Kier alpha value is -0.330. The molecule has 1 aliphatic carbocycles. The monoisotopic (exact) mass is 140 g/mol. The quantitative estimate of drug-likeness (QED) is 0.575. The smallest absolute Gasteiger partial charge is 0.132 e. The van der Waals surface area contributed by atoms with Gasteiger partial charge in [-0.1, -0.05) is 13.3 Å². The number of carbonyl (C=O) groups excluding carboxylic acids is 1. The highest BCUT2D eigenvalue weighted by Gasteiger charge is 2.25. The van der Waals surface area contributed by atoms with Crippen LogP contribution >= 0.6 is 0 Å². The number of Topliss-reactive ketones (excluding diaryl/α,β-unsaturated/α-hetero) is 1. The van der Waals surface area contributed by atoms with Crippen LogP contribution in [0.2, 0.25) is 0 Å². The average Bonchev–Trinajstić information content (AvgIpc) is 2.34. The molecule has 1 rings (SSSR count). The number of hydrogen-bond acceptors (Lipinski definition) is 1. The third-order valence-electron chi connectivity index (χ3n) is 2.69. The predicted octanol–water partition coefficient (Wildman–Crippen LogP) is 2.40. The Kier molecular flexibility index (Phi) is 2.47. The van der Waals surface area contributed by atoms with Crippen LogP contribution < -0.4 is 0 Å². The predicted molar refractivity (Wildman–Crippen MR) is 41.8 cm³/mol. The van der Waals surface area contributed by atoms with Crippen molar-refractivity contribution in [2.45, 2.75) is 39.5 Å². The molecule has 0 unspecified atom stereocenters. The van der Waals surface area contributed by atoms with Gasteiger partial charge >= 0.3 is 0 Å². The molecule has 0 aromatic carbocycles.